The van der Waals surface area contributed by atoms with Crippen LogP contribution in [0.5, 0.6) is 23.0 Å². The van der Waals surface area contributed by atoms with E-state index >= 15 is 0 Å². The minimum Gasteiger partial charge on any atom is -0.493 e. The van der Waals surface area contributed by atoms with Crippen LogP contribution < -0.4 is 24.7 Å². The number of hydrogen-bond donors (Lipinski definition) is 1. The molecule has 2 rings (SSSR count). The van der Waals surface area contributed by atoms with Crippen molar-refractivity contribution in [1.29, 1.82) is 0 Å². The third-order valence-corrected chi connectivity index (χ3v) is 3.72. The molecule has 0 atom stereocenters. The molecule has 7 heteroatoms. The van der Waals surface area contributed by atoms with Crippen molar-refractivity contribution in [3.63, 3.8) is 0 Å². The van der Waals surface area contributed by atoms with Crippen LogP contribution in [-0.4, -0.2) is 27.9 Å². The summed E-state index contributed by atoms with van der Waals surface area (Å²) in [7, 11) is 4.67. The first-order valence-corrected chi connectivity index (χ1v) is 7.60. The van der Waals surface area contributed by atoms with Gasteiger partial charge in [0, 0.05) is 0 Å². The van der Waals surface area contributed by atoms with Gasteiger partial charge in [-0.3, -0.25) is 0 Å². The molecule has 2 aromatic rings. The Balaban J connectivity index is 2.14. The van der Waals surface area contributed by atoms with Gasteiger partial charge in [-0.15, -0.1) is 0 Å². The highest BCUT2D eigenvalue weighted by atomic mass is 19.3. The number of alkyl halides is 2. The van der Waals surface area contributed by atoms with E-state index in [9.17, 15) is 8.78 Å². The fourth-order valence-electron chi connectivity index (χ4n) is 2.53. The fraction of sp³-hybridized carbons (Fsp3) is 0.333. The Morgan fingerprint density at radius 3 is 1.92 bits per heavy atom. The van der Waals surface area contributed by atoms with E-state index in [2.05, 4.69) is 4.74 Å². The van der Waals surface area contributed by atoms with E-state index in [1.165, 1.54) is 6.07 Å². The van der Waals surface area contributed by atoms with Gasteiger partial charge in [0.05, 0.1) is 27.0 Å². The predicted molar refractivity (Wildman–Crippen MR) is 91.0 cm³/mol. The summed E-state index contributed by atoms with van der Waals surface area (Å²) < 4.78 is 44.8. The van der Waals surface area contributed by atoms with Crippen molar-refractivity contribution in [3.05, 3.63) is 41.5 Å². The molecule has 5 nitrogen and oxygen atoms in total. The highest BCUT2D eigenvalue weighted by Crippen LogP contribution is 2.38. The van der Waals surface area contributed by atoms with Crippen molar-refractivity contribution < 1.29 is 27.7 Å². The number of methoxy groups -OCH3 is 3. The Morgan fingerprint density at radius 1 is 0.840 bits per heavy atom. The third-order valence-electron chi connectivity index (χ3n) is 3.72. The summed E-state index contributed by atoms with van der Waals surface area (Å²) >= 11 is 0. The summed E-state index contributed by atoms with van der Waals surface area (Å²) in [6, 6.07) is 8.55. The van der Waals surface area contributed by atoms with Crippen molar-refractivity contribution in [3.8, 4) is 23.0 Å². The lowest BCUT2D eigenvalue weighted by molar-refractivity contribution is -0.0493. The molecule has 25 heavy (non-hydrogen) atoms. The molecule has 0 fully saturated rings. The van der Waals surface area contributed by atoms with Crippen LogP contribution in [0.15, 0.2) is 30.3 Å². The molecule has 0 radical (unpaired) electrons. The van der Waals surface area contributed by atoms with Gasteiger partial charge in [0.2, 0.25) is 5.75 Å². The standard InChI is InChI=1S/C18H21F2NO4/c1-22-15-9-12(10-16(23-2)17(15)24-3)5-4-11-6-7-14(13(21)8-11)25-18(19)20/h6-10,18H,4-5,21H2,1-3H3. The summed E-state index contributed by atoms with van der Waals surface area (Å²) in [4.78, 5) is 0. The van der Waals surface area contributed by atoms with Gasteiger partial charge in [-0.05, 0) is 48.2 Å². The molecule has 0 aliphatic carbocycles. The molecule has 0 heterocycles. The second-order valence-electron chi connectivity index (χ2n) is 5.28. The van der Waals surface area contributed by atoms with E-state index in [0.29, 0.717) is 30.1 Å². The molecule has 0 spiro atoms. The van der Waals surface area contributed by atoms with Gasteiger partial charge in [0.25, 0.3) is 0 Å². The van der Waals surface area contributed by atoms with E-state index < -0.39 is 6.61 Å². The average Bonchev–Trinajstić information content (AvgIpc) is 2.60. The Morgan fingerprint density at radius 2 is 1.44 bits per heavy atom. The van der Waals surface area contributed by atoms with Crippen LogP contribution in [0.2, 0.25) is 0 Å². The van der Waals surface area contributed by atoms with Crippen molar-refractivity contribution in [2.75, 3.05) is 27.1 Å². The predicted octanol–water partition coefficient (Wildman–Crippen LogP) is 3.68. The highest BCUT2D eigenvalue weighted by molar-refractivity contribution is 5.55. The number of nitrogens with two attached hydrogens (primary N) is 1. The van der Waals surface area contributed by atoms with Gasteiger partial charge in [-0.2, -0.15) is 8.78 Å². The Hall–Kier alpha value is -2.70. The Bertz CT molecular complexity index is 697. The first kappa shape index (κ1) is 18.6. The SMILES string of the molecule is COc1cc(CCc2ccc(OC(F)F)c(N)c2)cc(OC)c1OC. The number of halogens is 2. The van der Waals surface area contributed by atoms with E-state index in [1.54, 1.807) is 33.5 Å². The van der Waals surface area contributed by atoms with Crippen LogP contribution in [0.1, 0.15) is 11.1 Å². The molecule has 0 bridgehead atoms. The van der Waals surface area contributed by atoms with Crippen molar-refractivity contribution in [2.24, 2.45) is 0 Å². The van der Waals surface area contributed by atoms with Crippen LogP contribution in [-0.2, 0) is 12.8 Å². The number of anilines is 1. The normalized spacial score (nSPS) is 10.6. The molecule has 136 valence electrons. The number of nitrogen functional groups attached to an aromatic ring is 1. The number of rotatable bonds is 8. The zero-order valence-corrected chi connectivity index (χ0v) is 14.3. The number of aryl methyl sites for hydroxylation is 2. The minimum atomic E-state index is -2.90. The molecule has 0 aromatic heterocycles. The van der Waals surface area contributed by atoms with Gasteiger partial charge in [-0.1, -0.05) is 6.07 Å². The topological polar surface area (TPSA) is 62.9 Å². The summed E-state index contributed by atoms with van der Waals surface area (Å²) in [5.74, 6) is 1.67. The van der Waals surface area contributed by atoms with E-state index in [0.717, 1.165) is 11.1 Å². The van der Waals surface area contributed by atoms with Crippen LogP contribution in [0.3, 0.4) is 0 Å². The summed E-state index contributed by atoms with van der Waals surface area (Å²) in [6.45, 7) is -2.90. The molecule has 2 aromatic carbocycles. The smallest absolute Gasteiger partial charge is 0.387 e. The molecular formula is C18H21F2NO4. The molecule has 0 aliphatic heterocycles. The fourth-order valence-corrected chi connectivity index (χ4v) is 2.53. The van der Waals surface area contributed by atoms with E-state index in [1.807, 2.05) is 12.1 Å². The number of benzene rings is 2. The zero-order chi connectivity index (χ0) is 18.4. The number of hydrogen-bond acceptors (Lipinski definition) is 5. The summed E-state index contributed by atoms with van der Waals surface area (Å²) in [6.07, 6.45) is 1.35. The van der Waals surface area contributed by atoms with Crippen LogP contribution in [0.4, 0.5) is 14.5 Å². The van der Waals surface area contributed by atoms with Crippen LogP contribution in [0, 0.1) is 0 Å². The maximum Gasteiger partial charge on any atom is 0.387 e. The molecule has 0 aliphatic rings. The van der Waals surface area contributed by atoms with Gasteiger partial charge in [0.1, 0.15) is 5.75 Å². The monoisotopic (exact) mass is 353 g/mol. The lowest BCUT2D eigenvalue weighted by Gasteiger charge is -2.14. The average molecular weight is 353 g/mol. The largest absolute Gasteiger partial charge is 0.493 e. The highest BCUT2D eigenvalue weighted by Gasteiger charge is 2.13. The maximum absolute atomic E-state index is 12.3. The number of ether oxygens (including phenoxy) is 4. The molecular weight excluding hydrogens is 332 g/mol. The first-order chi connectivity index (χ1) is 12.0. The second-order valence-corrected chi connectivity index (χ2v) is 5.28. The minimum absolute atomic E-state index is 0.0217. The lowest BCUT2D eigenvalue weighted by Crippen LogP contribution is -2.05. The first-order valence-electron chi connectivity index (χ1n) is 7.60. The lowest BCUT2D eigenvalue weighted by atomic mass is 10.0. The molecule has 2 N–H and O–H groups in total. The zero-order valence-electron chi connectivity index (χ0n) is 14.3. The molecule has 0 saturated carbocycles. The van der Waals surface area contributed by atoms with Gasteiger partial charge < -0.3 is 24.7 Å². The molecule has 0 amide bonds. The summed E-state index contributed by atoms with van der Waals surface area (Å²) in [5, 5.41) is 0. The second kappa shape index (κ2) is 8.41. The summed E-state index contributed by atoms with van der Waals surface area (Å²) in [5.41, 5.74) is 7.83. The Kier molecular flexibility index (Phi) is 6.27. The quantitative estimate of drug-likeness (QED) is 0.734. The van der Waals surface area contributed by atoms with Gasteiger partial charge in [-0.25, -0.2) is 0 Å². The molecule has 0 saturated heterocycles. The van der Waals surface area contributed by atoms with E-state index in [-0.39, 0.29) is 11.4 Å². The van der Waals surface area contributed by atoms with Gasteiger partial charge in [0.15, 0.2) is 11.5 Å². The van der Waals surface area contributed by atoms with Crippen molar-refractivity contribution >= 4 is 5.69 Å². The van der Waals surface area contributed by atoms with Gasteiger partial charge >= 0.3 is 6.61 Å². The van der Waals surface area contributed by atoms with Crippen molar-refractivity contribution in [1.82, 2.24) is 0 Å². The molecule has 0 unspecified atom stereocenters. The van der Waals surface area contributed by atoms with Crippen LogP contribution in [0.25, 0.3) is 0 Å². The Labute approximate surface area is 145 Å². The van der Waals surface area contributed by atoms with Crippen molar-refractivity contribution in [2.45, 2.75) is 19.5 Å². The van der Waals surface area contributed by atoms with E-state index in [4.69, 9.17) is 19.9 Å². The third kappa shape index (κ3) is 4.65. The van der Waals surface area contributed by atoms with Crippen LogP contribution >= 0.6 is 0 Å². The maximum atomic E-state index is 12.3.